The van der Waals surface area contributed by atoms with Crippen LogP contribution in [0.1, 0.15) is 15.9 Å². The molecule has 1 heterocycles. The molecule has 0 unspecified atom stereocenters. The van der Waals surface area contributed by atoms with E-state index < -0.39 is 0 Å². The Morgan fingerprint density at radius 1 is 1.43 bits per heavy atom. The van der Waals surface area contributed by atoms with E-state index in [4.69, 9.17) is 5.11 Å². The van der Waals surface area contributed by atoms with Gasteiger partial charge in [-0.15, -0.1) is 0 Å². The average molecular weight is 208 g/mol. The molecule has 0 spiro atoms. The first-order valence-electron chi connectivity index (χ1n) is 4.07. The number of thiophene rings is 1. The van der Waals surface area contributed by atoms with Gasteiger partial charge < -0.3 is 10.2 Å². The summed E-state index contributed by atoms with van der Waals surface area (Å²) in [5.74, 6) is 0. The molecule has 4 heteroatoms. The Morgan fingerprint density at radius 3 is 2.86 bits per heavy atom. The van der Waals surface area contributed by atoms with Crippen LogP contribution in [0.3, 0.4) is 0 Å². The second-order valence-corrected chi connectivity index (χ2v) is 3.91. The predicted molar refractivity (Wildman–Crippen MR) is 54.8 cm³/mol. The van der Waals surface area contributed by atoms with E-state index in [2.05, 4.69) is 0 Å². The van der Waals surface area contributed by atoms with Crippen LogP contribution in [0.25, 0.3) is 10.1 Å². The van der Waals surface area contributed by atoms with Gasteiger partial charge in [0.2, 0.25) is 0 Å². The minimum Gasteiger partial charge on any atom is -0.499 e. The van der Waals surface area contributed by atoms with Crippen molar-refractivity contribution in [2.75, 3.05) is 0 Å². The minimum absolute atomic E-state index is 0.0804. The average Bonchev–Trinajstić information content (AvgIpc) is 2.52. The molecule has 2 rings (SSSR count). The fourth-order valence-electron chi connectivity index (χ4n) is 1.47. The third-order valence-corrected chi connectivity index (χ3v) is 3.11. The molecule has 0 amide bonds. The van der Waals surface area contributed by atoms with Gasteiger partial charge in [-0.3, -0.25) is 4.79 Å². The number of aromatic hydroxyl groups is 1. The van der Waals surface area contributed by atoms with Gasteiger partial charge in [-0.1, -0.05) is 23.5 Å². The van der Waals surface area contributed by atoms with Gasteiger partial charge in [0, 0.05) is 21.2 Å². The smallest absolute Gasteiger partial charge is 0.177 e. The normalized spacial score (nSPS) is 10.6. The van der Waals surface area contributed by atoms with E-state index in [0.29, 0.717) is 16.5 Å². The summed E-state index contributed by atoms with van der Waals surface area (Å²) in [4.78, 5) is 10.7. The minimum atomic E-state index is -0.253. The molecule has 2 N–H and O–H groups in total. The first-order valence-corrected chi connectivity index (χ1v) is 4.89. The van der Waals surface area contributed by atoms with E-state index in [-0.39, 0.29) is 11.7 Å². The number of fused-ring (bicyclic) bond motifs is 1. The summed E-state index contributed by atoms with van der Waals surface area (Å²) in [5, 5.41) is 19.3. The van der Waals surface area contributed by atoms with Crippen LogP contribution < -0.4 is 0 Å². The van der Waals surface area contributed by atoms with Gasteiger partial charge in [-0.05, 0) is 6.07 Å². The van der Waals surface area contributed by atoms with Gasteiger partial charge in [0.1, 0.15) is 0 Å². The van der Waals surface area contributed by atoms with Gasteiger partial charge in [0.05, 0.1) is 6.61 Å². The first kappa shape index (κ1) is 9.18. The van der Waals surface area contributed by atoms with E-state index >= 15 is 0 Å². The molecule has 72 valence electrons. The van der Waals surface area contributed by atoms with Gasteiger partial charge >= 0.3 is 0 Å². The predicted octanol–water partition coefficient (Wildman–Crippen LogP) is 1.91. The SMILES string of the molecule is O=Cc1cccc2sc(O)c(CO)c12. The monoisotopic (exact) mass is 208 g/mol. The van der Waals surface area contributed by atoms with Crippen LogP contribution >= 0.6 is 11.3 Å². The molecule has 0 aliphatic rings. The standard InChI is InChI=1S/C10H8O3S/c11-4-6-2-1-3-8-9(6)7(5-12)10(13)14-8/h1-4,12-13H,5H2. The second kappa shape index (κ2) is 3.40. The molecule has 0 aliphatic carbocycles. The maximum Gasteiger partial charge on any atom is 0.177 e. The highest BCUT2D eigenvalue weighted by atomic mass is 32.1. The molecule has 1 aromatic carbocycles. The van der Waals surface area contributed by atoms with E-state index in [1.54, 1.807) is 12.1 Å². The summed E-state index contributed by atoms with van der Waals surface area (Å²) in [5.41, 5.74) is 0.941. The van der Waals surface area contributed by atoms with E-state index in [1.165, 1.54) is 11.3 Å². The van der Waals surface area contributed by atoms with Crippen molar-refractivity contribution in [3.05, 3.63) is 29.3 Å². The highest BCUT2D eigenvalue weighted by Gasteiger charge is 2.13. The lowest BCUT2D eigenvalue weighted by Crippen LogP contribution is -1.86. The van der Waals surface area contributed by atoms with Crippen molar-refractivity contribution >= 4 is 27.7 Å². The highest BCUT2D eigenvalue weighted by molar-refractivity contribution is 7.21. The van der Waals surface area contributed by atoms with E-state index in [9.17, 15) is 9.90 Å². The molecule has 1 aromatic heterocycles. The number of aliphatic hydroxyl groups excluding tert-OH is 1. The molecular formula is C10H8O3S. The van der Waals surface area contributed by atoms with Crippen LogP contribution in [0, 0.1) is 0 Å². The fourth-order valence-corrected chi connectivity index (χ4v) is 2.46. The van der Waals surface area contributed by atoms with Crippen LogP contribution in [0.5, 0.6) is 5.06 Å². The van der Waals surface area contributed by atoms with E-state index in [0.717, 1.165) is 11.0 Å². The highest BCUT2D eigenvalue weighted by Crippen LogP contribution is 2.37. The molecular weight excluding hydrogens is 200 g/mol. The topological polar surface area (TPSA) is 57.5 Å². The molecule has 14 heavy (non-hydrogen) atoms. The Kier molecular flexibility index (Phi) is 2.23. The molecule has 0 radical (unpaired) electrons. The van der Waals surface area contributed by atoms with Gasteiger partial charge in [-0.2, -0.15) is 0 Å². The van der Waals surface area contributed by atoms with Gasteiger partial charge in [0.25, 0.3) is 0 Å². The van der Waals surface area contributed by atoms with Crippen LogP contribution in [-0.4, -0.2) is 16.5 Å². The molecule has 3 nitrogen and oxygen atoms in total. The Bertz CT molecular complexity index is 487. The van der Waals surface area contributed by atoms with Crippen molar-refractivity contribution in [3.63, 3.8) is 0 Å². The Labute approximate surface area is 84.2 Å². The summed E-state index contributed by atoms with van der Waals surface area (Å²) in [6, 6.07) is 5.23. The van der Waals surface area contributed by atoms with Gasteiger partial charge in [-0.25, -0.2) is 0 Å². The largest absolute Gasteiger partial charge is 0.499 e. The summed E-state index contributed by atoms with van der Waals surface area (Å²) in [6.07, 6.45) is 0.730. The molecule has 2 aromatic rings. The van der Waals surface area contributed by atoms with Crippen LogP contribution in [0.2, 0.25) is 0 Å². The van der Waals surface area contributed by atoms with Crippen LogP contribution in [0.15, 0.2) is 18.2 Å². The lowest BCUT2D eigenvalue weighted by Gasteiger charge is -1.97. The number of benzene rings is 1. The lowest BCUT2D eigenvalue weighted by atomic mass is 10.1. The van der Waals surface area contributed by atoms with Crippen molar-refractivity contribution in [3.8, 4) is 5.06 Å². The number of hydrogen-bond donors (Lipinski definition) is 2. The molecule has 0 saturated carbocycles. The zero-order valence-corrected chi connectivity index (χ0v) is 8.04. The van der Waals surface area contributed by atoms with Crippen molar-refractivity contribution < 1.29 is 15.0 Å². The van der Waals surface area contributed by atoms with Crippen LogP contribution in [-0.2, 0) is 6.61 Å². The Morgan fingerprint density at radius 2 is 2.21 bits per heavy atom. The lowest BCUT2D eigenvalue weighted by molar-refractivity contribution is 0.112. The maximum atomic E-state index is 10.7. The fraction of sp³-hybridized carbons (Fsp3) is 0.100. The van der Waals surface area contributed by atoms with Crippen molar-refractivity contribution in [1.29, 1.82) is 0 Å². The van der Waals surface area contributed by atoms with E-state index in [1.807, 2.05) is 6.07 Å². The Hall–Kier alpha value is -1.39. The molecule has 0 bridgehead atoms. The number of rotatable bonds is 2. The third kappa shape index (κ3) is 1.20. The summed E-state index contributed by atoms with van der Waals surface area (Å²) < 4.78 is 0.816. The summed E-state index contributed by atoms with van der Waals surface area (Å²) in [6.45, 7) is -0.253. The van der Waals surface area contributed by atoms with Gasteiger partial charge in [0.15, 0.2) is 11.3 Å². The van der Waals surface area contributed by atoms with Crippen LogP contribution in [0.4, 0.5) is 0 Å². The Balaban J connectivity index is 2.89. The summed E-state index contributed by atoms with van der Waals surface area (Å²) >= 11 is 1.17. The third-order valence-electron chi connectivity index (χ3n) is 2.11. The molecule has 0 fully saturated rings. The number of carbonyl (C=O) groups excluding carboxylic acids is 1. The number of hydrogen-bond acceptors (Lipinski definition) is 4. The first-order chi connectivity index (χ1) is 6.77. The van der Waals surface area contributed by atoms with Crippen molar-refractivity contribution in [2.45, 2.75) is 6.61 Å². The zero-order valence-electron chi connectivity index (χ0n) is 7.23. The summed E-state index contributed by atoms with van der Waals surface area (Å²) in [7, 11) is 0. The molecule has 0 atom stereocenters. The molecule has 0 aliphatic heterocycles. The number of carbonyl (C=O) groups is 1. The number of aliphatic hydroxyl groups is 1. The quantitative estimate of drug-likeness (QED) is 0.741. The van der Waals surface area contributed by atoms with Crippen molar-refractivity contribution in [2.24, 2.45) is 0 Å². The maximum absolute atomic E-state index is 10.7. The number of aldehydes is 1. The second-order valence-electron chi connectivity index (χ2n) is 2.88. The zero-order chi connectivity index (χ0) is 10.1. The molecule has 0 saturated heterocycles. The van der Waals surface area contributed by atoms with Crippen molar-refractivity contribution in [1.82, 2.24) is 0 Å².